The molecule has 0 N–H and O–H groups in total. The molecule has 0 amide bonds. The summed E-state index contributed by atoms with van der Waals surface area (Å²) in [6, 6.07) is 2.31. The maximum atomic E-state index is 8.69. The minimum absolute atomic E-state index is 0.260. The Balaban J connectivity index is 1.81. The van der Waals surface area contributed by atoms with Gasteiger partial charge in [-0.1, -0.05) is 25.8 Å². The van der Waals surface area contributed by atoms with E-state index >= 15 is 0 Å². The molecule has 1 saturated heterocycles. The van der Waals surface area contributed by atoms with Crippen molar-refractivity contribution in [3.63, 3.8) is 0 Å². The van der Waals surface area contributed by atoms with Gasteiger partial charge < -0.3 is 4.90 Å². The van der Waals surface area contributed by atoms with Crippen LogP contribution in [-0.2, 0) is 0 Å². The lowest BCUT2D eigenvalue weighted by molar-refractivity contribution is 0.154. The van der Waals surface area contributed by atoms with Crippen molar-refractivity contribution in [1.29, 1.82) is 5.26 Å². The maximum absolute atomic E-state index is 8.69. The van der Waals surface area contributed by atoms with Gasteiger partial charge in [0.05, 0.1) is 12.0 Å². The predicted octanol–water partition coefficient (Wildman–Crippen LogP) is 2.54. The minimum Gasteiger partial charge on any atom is -0.372 e. The van der Waals surface area contributed by atoms with Crippen LogP contribution in [0.3, 0.4) is 0 Å². The molecule has 1 aliphatic carbocycles. The topological polar surface area (TPSA) is 27.0 Å². The van der Waals surface area contributed by atoms with E-state index in [1.807, 2.05) is 0 Å². The summed E-state index contributed by atoms with van der Waals surface area (Å²) in [5.41, 5.74) is 1.30. The Hall–Kier alpha value is -0.970. The summed E-state index contributed by atoms with van der Waals surface area (Å²) < 4.78 is 0. The van der Waals surface area contributed by atoms with Gasteiger partial charge in [-0.25, -0.2) is 0 Å². The van der Waals surface area contributed by atoms with Crippen molar-refractivity contribution in [2.75, 3.05) is 13.1 Å². The Morgan fingerprint density at radius 1 is 1.21 bits per heavy atom. The molecule has 2 rings (SSSR count). The normalized spacial score (nSPS) is 24.1. The van der Waals surface area contributed by atoms with Crippen molar-refractivity contribution in [1.82, 2.24) is 4.90 Å². The van der Waals surface area contributed by atoms with Crippen molar-refractivity contribution >= 4 is 0 Å². The van der Waals surface area contributed by atoms with Gasteiger partial charge in [0.15, 0.2) is 0 Å². The second kappa shape index (κ2) is 4.04. The molecule has 1 saturated carbocycles. The molecule has 0 aromatic rings. The number of allylic oxidation sites excluding steroid dienone is 1. The van der Waals surface area contributed by atoms with Gasteiger partial charge in [-0.2, -0.15) is 5.26 Å². The molecule has 0 unspecified atom stereocenters. The SMILES string of the molecule is C=C(C1CCCCC1)N1CC(C#N)C1. The lowest BCUT2D eigenvalue weighted by Gasteiger charge is -2.42. The largest absolute Gasteiger partial charge is 0.372 e. The second-order valence-corrected chi connectivity index (χ2v) is 4.56. The van der Waals surface area contributed by atoms with E-state index in [9.17, 15) is 0 Å². The highest BCUT2D eigenvalue weighted by Crippen LogP contribution is 2.33. The van der Waals surface area contributed by atoms with Crippen LogP contribution in [-0.4, -0.2) is 18.0 Å². The van der Waals surface area contributed by atoms with E-state index in [4.69, 9.17) is 5.26 Å². The van der Waals surface area contributed by atoms with Crippen molar-refractivity contribution in [2.45, 2.75) is 32.1 Å². The van der Waals surface area contributed by atoms with Crippen LogP contribution < -0.4 is 0 Å². The molecule has 0 aromatic heterocycles. The number of nitriles is 1. The van der Waals surface area contributed by atoms with Crippen molar-refractivity contribution in [3.8, 4) is 6.07 Å². The Bertz CT molecular complexity index is 252. The first-order valence-corrected chi connectivity index (χ1v) is 5.64. The van der Waals surface area contributed by atoms with Crippen LogP contribution in [0.5, 0.6) is 0 Å². The molecule has 1 heterocycles. The Kier molecular flexibility index (Phi) is 2.77. The zero-order chi connectivity index (χ0) is 9.97. The summed E-state index contributed by atoms with van der Waals surface area (Å²) >= 11 is 0. The molecule has 2 heteroatoms. The van der Waals surface area contributed by atoms with Gasteiger partial charge in [0.1, 0.15) is 0 Å². The number of hydrogen-bond donors (Lipinski definition) is 0. The summed E-state index contributed by atoms with van der Waals surface area (Å²) in [7, 11) is 0. The lowest BCUT2D eigenvalue weighted by Crippen LogP contribution is -2.46. The summed E-state index contributed by atoms with van der Waals surface area (Å²) in [6.45, 7) is 6.03. The fraction of sp³-hybridized carbons (Fsp3) is 0.750. The third-order valence-electron chi connectivity index (χ3n) is 3.55. The molecule has 2 aliphatic rings. The van der Waals surface area contributed by atoms with Gasteiger partial charge in [0, 0.05) is 18.8 Å². The molecule has 14 heavy (non-hydrogen) atoms. The summed E-state index contributed by atoms with van der Waals surface area (Å²) in [5, 5.41) is 8.69. The van der Waals surface area contributed by atoms with E-state index in [0.717, 1.165) is 13.1 Å². The molecule has 0 spiro atoms. The Morgan fingerprint density at radius 2 is 1.86 bits per heavy atom. The maximum Gasteiger partial charge on any atom is 0.0812 e. The average Bonchev–Trinajstić information content (AvgIpc) is 2.17. The summed E-state index contributed by atoms with van der Waals surface area (Å²) in [5.74, 6) is 0.971. The van der Waals surface area contributed by atoms with Crippen LogP contribution in [0.15, 0.2) is 12.3 Å². The average molecular weight is 190 g/mol. The highest BCUT2D eigenvalue weighted by Gasteiger charge is 2.30. The molecular formula is C12H18N2. The molecule has 76 valence electrons. The number of nitrogens with zero attached hydrogens (tertiary/aromatic N) is 2. The number of hydrogen-bond acceptors (Lipinski definition) is 2. The van der Waals surface area contributed by atoms with Gasteiger partial charge in [-0.15, -0.1) is 0 Å². The van der Waals surface area contributed by atoms with E-state index < -0.39 is 0 Å². The van der Waals surface area contributed by atoms with Crippen molar-refractivity contribution in [2.24, 2.45) is 11.8 Å². The van der Waals surface area contributed by atoms with Crippen LogP contribution in [0.2, 0.25) is 0 Å². The minimum atomic E-state index is 0.260. The molecule has 0 bridgehead atoms. The highest BCUT2D eigenvalue weighted by atomic mass is 15.2. The van der Waals surface area contributed by atoms with Crippen LogP contribution in [0, 0.1) is 23.2 Å². The molecule has 2 nitrogen and oxygen atoms in total. The molecule has 2 fully saturated rings. The predicted molar refractivity (Wildman–Crippen MR) is 56.4 cm³/mol. The zero-order valence-electron chi connectivity index (χ0n) is 8.71. The van der Waals surface area contributed by atoms with Crippen LogP contribution in [0.4, 0.5) is 0 Å². The zero-order valence-corrected chi connectivity index (χ0v) is 8.71. The van der Waals surface area contributed by atoms with Gasteiger partial charge in [-0.05, 0) is 18.8 Å². The van der Waals surface area contributed by atoms with E-state index in [1.165, 1.54) is 37.8 Å². The Morgan fingerprint density at radius 3 is 2.43 bits per heavy atom. The van der Waals surface area contributed by atoms with Gasteiger partial charge in [0.2, 0.25) is 0 Å². The van der Waals surface area contributed by atoms with E-state index in [1.54, 1.807) is 0 Å². The fourth-order valence-corrected chi connectivity index (χ4v) is 2.49. The Labute approximate surface area is 86.2 Å². The standard InChI is InChI=1S/C12H18N2/c1-10(12-5-3-2-4-6-12)14-8-11(7-13)9-14/h11-12H,1-6,8-9H2. The van der Waals surface area contributed by atoms with E-state index in [0.29, 0.717) is 5.92 Å². The lowest BCUT2D eigenvalue weighted by atomic mass is 9.85. The van der Waals surface area contributed by atoms with E-state index in [2.05, 4.69) is 17.5 Å². The molecule has 0 atom stereocenters. The van der Waals surface area contributed by atoms with Gasteiger partial charge in [-0.3, -0.25) is 0 Å². The van der Waals surface area contributed by atoms with Crippen LogP contribution in [0.1, 0.15) is 32.1 Å². The second-order valence-electron chi connectivity index (χ2n) is 4.56. The van der Waals surface area contributed by atoms with Crippen LogP contribution in [0.25, 0.3) is 0 Å². The van der Waals surface area contributed by atoms with Gasteiger partial charge >= 0.3 is 0 Å². The number of likely N-dealkylation sites (tertiary alicyclic amines) is 1. The molecule has 1 aliphatic heterocycles. The van der Waals surface area contributed by atoms with Crippen molar-refractivity contribution in [3.05, 3.63) is 12.3 Å². The number of rotatable bonds is 2. The molecular weight excluding hydrogens is 172 g/mol. The molecule has 0 radical (unpaired) electrons. The first kappa shape index (κ1) is 9.58. The third kappa shape index (κ3) is 1.77. The smallest absolute Gasteiger partial charge is 0.0812 e. The highest BCUT2D eigenvalue weighted by molar-refractivity contribution is 5.09. The van der Waals surface area contributed by atoms with Crippen LogP contribution >= 0.6 is 0 Å². The van der Waals surface area contributed by atoms with Gasteiger partial charge in [0.25, 0.3) is 0 Å². The monoisotopic (exact) mass is 190 g/mol. The summed E-state index contributed by atoms with van der Waals surface area (Å²) in [4.78, 5) is 2.30. The third-order valence-corrected chi connectivity index (χ3v) is 3.55. The van der Waals surface area contributed by atoms with E-state index in [-0.39, 0.29) is 5.92 Å². The van der Waals surface area contributed by atoms with Crippen molar-refractivity contribution < 1.29 is 0 Å². The quantitative estimate of drug-likeness (QED) is 0.669. The molecule has 0 aromatic carbocycles. The summed E-state index contributed by atoms with van der Waals surface area (Å²) in [6.07, 6.45) is 6.74. The first-order valence-electron chi connectivity index (χ1n) is 5.64. The fourth-order valence-electron chi connectivity index (χ4n) is 2.49. The first-order chi connectivity index (χ1) is 6.81.